The Balaban J connectivity index is 1.50. The minimum Gasteiger partial charge on any atom is -0.378 e. The summed E-state index contributed by atoms with van der Waals surface area (Å²) in [5, 5.41) is 4.13. The first kappa shape index (κ1) is 21.0. The molecule has 1 aliphatic carbocycles. The lowest BCUT2D eigenvalue weighted by atomic mass is 10.1. The van der Waals surface area contributed by atoms with Crippen LogP contribution in [0.2, 0.25) is 0 Å². The lowest BCUT2D eigenvalue weighted by Crippen LogP contribution is -2.42. The zero-order chi connectivity index (χ0) is 21.9. The Bertz CT molecular complexity index is 1130. The lowest BCUT2D eigenvalue weighted by molar-refractivity contribution is -0.134. The summed E-state index contributed by atoms with van der Waals surface area (Å²) in [6.07, 6.45) is 2.06. The third-order valence-electron chi connectivity index (χ3n) is 5.74. The van der Waals surface area contributed by atoms with Crippen LogP contribution in [0.25, 0.3) is 10.9 Å². The number of amides is 2. The van der Waals surface area contributed by atoms with Crippen molar-refractivity contribution in [3.63, 3.8) is 0 Å². The lowest BCUT2D eigenvalue weighted by Gasteiger charge is -2.30. The summed E-state index contributed by atoms with van der Waals surface area (Å²) in [5.74, 6) is -0.0350. The standard InChI is InChI=1S/C25H25N3O3S/c29-24(26-18-10-11-18)20-16-22(27-21-9-5-4-8-19(20)21)32-23(17-6-2-1-3-7-17)25(30)28-12-14-31-15-13-28/h1-9,16,18,23H,10-15H2,(H,26,29)/t23-/m0/s1. The fourth-order valence-corrected chi connectivity index (χ4v) is 4.97. The van der Waals surface area contributed by atoms with Gasteiger partial charge in [0.1, 0.15) is 5.25 Å². The molecule has 1 N–H and O–H groups in total. The number of hydrogen-bond donors (Lipinski definition) is 1. The third kappa shape index (κ3) is 4.64. The number of carbonyl (C=O) groups is 2. The monoisotopic (exact) mass is 447 g/mol. The van der Waals surface area contributed by atoms with Crippen molar-refractivity contribution in [3.8, 4) is 0 Å². The van der Waals surface area contributed by atoms with Crippen LogP contribution in [0, 0.1) is 0 Å². The highest BCUT2D eigenvalue weighted by atomic mass is 32.2. The number of para-hydroxylation sites is 1. The average molecular weight is 448 g/mol. The van der Waals surface area contributed by atoms with Crippen molar-refractivity contribution in [1.29, 1.82) is 0 Å². The van der Waals surface area contributed by atoms with Crippen LogP contribution in [0.1, 0.15) is 34.0 Å². The van der Waals surface area contributed by atoms with Gasteiger partial charge >= 0.3 is 0 Å². The van der Waals surface area contributed by atoms with Crippen molar-refractivity contribution >= 4 is 34.5 Å². The summed E-state index contributed by atoms with van der Waals surface area (Å²) in [6, 6.07) is 19.5. The molecule has 1 aromatic heterocycles. The van der Waals surface area contributed by atoms with Crippen LogP contribution in [-0.4, -0.2) is 54.0 Å². The number of nitrogens with zero attached hydrogens (tertiary/aromatic N) is 2. The first-order valence-electron chi connectivity index (χ1n) is 11.0. The molecule has 2 aromatic carbocycles. The molecule has 0 spiro atoms. The van der Waals surface area contributed by atoms with Crippen LogP contribution in [0.15, 0.2) is 65.7 Å². The second-order valence-corrected chi connectivity index (χ2v) is 9.24. The van der Waals surface area contributed by atoms with Gasteiger partial charge in [-0.3, -0.25) is 9.59 Å². The van der Waals surface area contributed by atoms with Gasteiger partial charge in [0.15, 0.2) is 0 Å². The van der Waals surface area contributed by atoms with Gasteiger partial charge < -0.3 is 15.0 Å². The molecule has 0 radical (unpaired) electrons. The largest absolute Gasteiger partial charge is 0.378 e. The van der Waals surface area contributed by atoms with Gasteiger partial charge in [0.2, 0.25) is 5.91 Å². The maximum atomic E-state index is 13.5. The molecule has 0 unspecified atom stereocenters. The Morgan fingerprint density at radius 2 is 1.75 bits per heavy atom. The van der Waals surface area contributed by atoms with Crippen LogP contribution < -0.4 is 5.32 Å². The quantitative estimate of drug-likeness (QED) is 0.582. The number of benzene rings is 2. The Labute approximate surface area is 191 Å². The fourth-order valence-electron chi connectivity index (χ4n) is 3.85. The molecule has 1 saturated heterocycles. The second kappa shape index (κ2) is 9.30. The van der Waals surface area contributed by atoms with Crippen molar-refractivity contribution in [3.05, 3.63) is 71.8 Å². The van der Waals surface area contributed by atoms with Crippen molar-refractivity contribution < 1.29 is 14.3 Å². The highest BCUT2D eigenvalue weighted by molar-refractivity contribution is 8.00. The molecule has 2 amide bonds. The van der Waals surface area contributed by atoms with Gasteiger partial charge in [-0.2, -0.15) is 0 Å². The Hall–Kier alpha value is -2.90. The maximum Gasteiger partial charge on any atom is 0.252 e. The minimum absolute atomic E-state index is 0.0449. The Morgan fingerprint density at radius 3 is 2.50 bits per heavy atom. The summed E-state index contributed by atoms with van der Waals surface area (Å²) in [4.78, 5) is 33.1. The molecule has 5 rings (SSSR count). The highest BCUT2D eigenvalue weighted by Crippen LogP contribution is 2.37. The normalized spacial score (nSPS) is 17.2. The first-order valence-corrected chi connectivity index (χ1v) is 11.9. The van der Waals surface area contributed by atoms with Crippen molar-refractivity contribution in [2.24, 2.45) is 0 Å². The molecule has 164 valence electrons. The smallest absolute Gasteiger partial charge is 0.252 e. The van der Waals surface area contributed by atoms with Crippen molar-refractivity contribution in [1.82, 2.24) is 15.2 Å². The van der Waals surface area contributed by atoms with Crippen molar-refractivity contribution in [2.75, 3.05) is 26.3 Å². The molecule has 2 fully saturated rings. The predicted molar refractivity (Wildman–Crippen MR) is 125 cm³/mol. The van der Waals surface area contributed by atoms with Gasteiger partial charge in [-0.05, 0) is 30.5 Å². The van der Waals surface area contributed by atoms with E-state index in [0.717, 1.165) is 29.3 Å². The molecule has 7 heteroatoms. The molecule has 1 atom stereocenters. The number of rotatable bonds is 6. The van der Waals surface area contributed by atoms with E-state index < -0.39 is 5.25 Å². The maximum absolute atomic E-state index is 13.5. The number of thioether (sulfide) groups is 1. The van der Waals surface area contributed by atoms with E-state index in [2.05, 4.69) is 5.32 Å². The van der Waals surface area contributed by atoms with Crippen LogP contribution in [0.4, 0.5) is 0 Å². The number of pyridine rings is 1. The number of fused-ring (bicyclic) bond motifs is 1. The van der Waals surface area contributed by atoms with Gasteiger partial charge in [0, 0.05) is 24.5 Å². The zero-order valence-electron chi connectivity index (χ0n) is 17.7. The van der Waals surface area contributed by atoms with Crippen LogP contribution >= 0.6 is 11.8 Å². The van der Waals surface area contributed by atoms with Crippen LogP contribution in [0.3, 0.4) is 0 Å². The average Bonchev–Trinajstić information content (AvgIpc) is 3.66. The number of carbonyl (C=O) groups excluding carboxylic acids is 2. The van der Waals surface area contributed by atoms with E-state index >= 15 is 0 Å². The summed E-state index contributed by atoms with van der Waals surface area (Å²) < 4.78 is 5.42. The highest BCUT2D eigenvalue weighted by Gasteiger charge is 2.30. The van der Waals surface area contributed by atoms with E-state index in [1.165, 1.54) is 11.8 Å². The van der Waals surface area contributed by atoms with E-state index in [-0.39, 0.29) is 17.9 Å². The van der Waals surface area contributed by atoms with E-state index in [1.54, 1.807) is 0 Å². The Morgan fingerprint density at radius 1 is 1.03 bits per heavy atom. The molecule has 32 heavy (non-hydrogen) atoms. The summed E-state index contributed by atoms with van der Waals surface area (Å²) >= 11 is 1.40. The van der Waals surface area contributed by atoms with Gasteiger partial charge in [0.05, 0.1) is 29.3 Å². The van der Waals surface area contributed by atoms with Gasteiger partial charge in [0.25, 0.3) is 5.91 Å². The molecule has 2 heterocycles. The number of nitrogens with one attached hydrogen (secondary N) is 1. The Kier molecular flexibility index (Phi) is 6.10. The van der Waals surface area contributed by atoms with Gasteiger partial charge in [-0.25, -0.2) is 4.98 Å². The summed E-state index contributed by atoms with van der Waals surface area (Å²) in [7, 11) is 0. The first-order chi connectivity index (χ1) is 15.7. The van der Waals surface area contributed by atoms with Crippen LogP contribution in [0.5, 0.6) is 0 Å². The molecule has 3 aromatic rings. The number of hydrogen-bond acceptors (Lipinski definition) is 5. The van der Waals surface area contributed by atoms with E-state index in [4.69, 9.17) is 9.72 Å². The summed E-state index contributed by atoms with van der Waals surface area (Å²) in [6.45, 7) is 2.28. The third-order valence-corrected chi connectivity index (χ3v) is 6.90. The minimum atomic E-state index is -0.442. The molecular formula is C25H25N3O3S. The van der Waals surface area contributed by atoms with E-state index in [9.17, 15) is 9.59 Å². The molecule has 1 aliphatic heterocycles. The molecular weight excluding hydrogens is 422 g/mol. The SMILES string of the molecule is O=C(NC1CC1)c1cc(S[C@H](C(=O)N2CCOCC2)c2ccccc2)nc2ccccc12. The molecule has 0 bridgehead atoms. The summed E-state index contributed by atoms with van der Waals surface area (Å²) in [5.41, 5.74) is 2.28. The second-order valence-electron chi connectivity index (χ2n) is 8.12. The number of morpholine rings is 1. The fraction of sp³-hybridized carbons (Fsp3) is 0.320. The van der Waals surface area contributed by atoms with Crippen molar-refractivity contribution in [2.45, 2.75) is 29.2 Å². The van der Waals surface area contributed by atoms with E-state index in [0.29, 0.717) is 36.9 Å². The molecule has 2 aliphatic rings. The molecule has 6 nitrogen and oxygen atoms in total. The number of aromatic nitrogens is 1. The predicted octanol–water partition coefficient (Wildman–Crippen LogP) is 3.82. The van der Waals surface area contributed by atoms with Crippen LogP contribution in [-0.2, 0) is 9.53 Å². The van der Waals surface area contributed by atoms with E-state index in [1.807, 2.05) is 65.6 Å². The number of ether oxygens (including phenoxy) is 1. The van der Waals surface area contributed by atoms with Gasteiger partial charge in [-0.15, -0.1) is 0 Å². The topological polar surface area (TPSA) is 71.5 Å². The van der Waals surface area contributed by atoms with Gasteiger partial charge in [-0.1, -0.05) is 60.3 Å². The zero-order valence-corrected chi connectivity index (χ0v) is 18.5. The molecule has 1 saturated carbocycles.